The van der Waals surface area contributed by atoms with Crippen molar-refractivity contribution in [2.24, 2.45) is 23.2 Å². The SMILES string of the molecule is C#C[C@]1(COC(=O)CC23CC4CC(CC(C4)C2)C3)O[C@@H](n2cnc3c(N)nc(C)nc32)C[C@@H]1O. The van der Waals surface area contributed by atoms with E-state index in [1.165, 1.54) is 19.3 Å². The average Bonchev–Trinajstić information content (AvgIpc) is 3.32. The molecule has 5 fully saturated rings. The Kier molecular flexibility index (Phi) is 4.91. The maximum Gasteiger partial charge on any atom is 0.306 e. The molecule has 3 heterocycles. The molecule has 3 atom stereocenters. The van der Waals surface area contributed by atoms with Crippen molar-refractivity contribution < 1.29 is 19.4 Å². The molecule has 1 saturated heterocycles. The van der Waals surface area contributed by atoms with Crippen LogP contribution in [-0.2, 0) is 14.3 Å². The molecule has 4 bridgehead atoms. The summed E-state index contributed by atoms with van der Waals surface area (Å²) in [6, 6.07) is 0. The van der Waals surface area contributed by atoms with Crippen LogP contribution < -0.4 is 5.73 Å². The lowest BCUT2D eigenvalue weighted by Gasteiger charge is -2.56. The van der Waals surface area contributed by atoms with Crippen LogP contribution in [-0.4, -0.2) is 48.9 Å². The number of carbonyl (C=O) groups excluding carboxylic acids is 1. The van der Waals surface area contributed by atoms with Crippen LogP contribution in [0.2, 0.25) is 0 Å². The van der Waals surface area contributed by atoms with Gasteiger partial charge in [0, 0.05) is 6.42 Å². The minimum absolute atomic E-state index is 0.0834. The molecule has 180 valence electrons. The predicted molar refractivity (Wildman–Crippen MR) is 123 cm³/mol. The fourth-order valence-electron chi connectivity index (χ4n) is 7.54. The summed E-state index contributed by atoms with van der Waals surface area (Å²) in [5.74, 6) is 5.40. The predicted octanol–water partition coefficient (Wildman–Crippen LogP) is 2.52. The first-order chi connectivity index (χ1) is 16.3. The Morgan fingerprint density at radius 1 is 1.26 bits per heavy atom. The fourth-order valence-corrected chi connectivity index (χ4v) is 7.54. The molecular formula is C25H31N5O4. The molecule has 5 aliphatic rings. The van der Waals surface area contributed by atoms with E-state index in [4.69, 9.17) is 21.6 Å². The monoisotopic (exact) mass is 465 g/mol. The summed E-state index contributed by atoms with van der Waals surface area (Å²) in [6.45, 7) is 1.56. The van der Waals surface area contributed by atoms with E-state index < -0.39 is 17.9 Å². The smallest absolute Gasteiger partial charge is 0.306 e. The Hall–Kier alpha value is -2.70. The first-order valence-corrected chi connectivity index (χ1v) is 12.2. The molecule has 7 rings (SSSR count). The number of nitrogens with two attached hydrogens (primary N) is 1. The van der Waals surface area contributed by atoms with Crippen LogP contribution in [0.25, 0.3) is 11.2 Å². The van der Waals surface area contributed by atoms with Crippen molar-refractivity contribution in [1.29, 1.82) is 0 Å². The van der Waals surface area contributed by atoms with Crippen molar-refractivity contribution in [3.63, 3.8) is 0 Å². The van der Waals surface area contributed by atoms with Gasteiger partial charge in [-0.25, -0.2) is 15.0 Å². The number of hydrogen-bond acceptors (Lipinski definition) is 8. The molecule has 3 N–H and O–H groups in total. The second-order valence-electron chi connectivity index (χ2n) is 11.1. The number of anilines is 1. The lowest BCUT2D eigenvalue weighted by atomic mass is 9.49. The summed E-state index contributed by atoms with van der Waals surface area (Å²) >= 11 is 0. The van der Waals surface area contributed by atoms with Crippen LogP contribution in [0.1, 0.15) is 63.4 Å². The number of imidazole rings is 1. The lowest BCUT2D eigenvalue weighted by molar-refractivity contribution is -0.163. The highest BCUT2D eigenvalue weighted by Gasteiger charge is 2.53. The summed E-state index contributed by atoms with van der Waals surface area (Å²) < 4.78 is 13.5. The third-order valence-corrected chi connectivity index (χ3v) is 8.56. The molecule has 1 aliphatic heterocycles. The number of aromatic nitrogens is 4. The number of nitrogens with zero attached hydrogens (tertiary/aromatic N) is 4. The molecule has 34 heavy (non-hydrogen) atoms. The second kappa shape index (κ2) is 7.65. The van der Waals surface area contributed by atoms with Crippen LogP contribution in [0.4, 0.5) is 5.82 Å². The maximum atomic E-state index is 12.9. The van der Waals surface area contributed by atoms with Crippen molar-refractivity contribution in [2.45, 2.75) is 76.2 Å². The molecule has 0 amide bonds. The fraction of sp³-hybridized carbons (Fsp3) is 0.680. The molecule has 0 unspecified atom stereocenters. The number of aliphatic hydroxyl groups is 1. The number of terminal acetylenes is 1. The normalized spacial score (nSPS) is 38.3. The van der Waals surface area contributed by atoms with Crippen molar-refractivity contribution >= 4 is 23.0 Å². The Morgan fingerprint density at radius 2 is 1.94 bits per heavy atom. The molecule has 2 aromatic heterocycles. The quantitative estimate of drug-likeness (QED) is 0.510. The Labute approximate surface area is 198 Å². The Bertz CT molecular complexity index is 1150. The van der Waals surface area contributed by atoms with E-state index in [2.05, 4.69) is 20.9 Å². The Morgan fingerprint density at radius 3 is 2.59 bits per heavy atom. The van der Waals surface area contributed by atoms with Gasteiger partial charge in [-0.2, -0.15) is 0 Å². The number of hydrogen-bond donors (Lipinski definition) is 2. The zero-order valence-electron chi connectivity index (χ0n) is 19.4. The van der Waals surface area contributed by atoms with Crippen molar-refractivity contribution in [3.8, 4) is 12.3 Å². The standard InChI is InChI=1S/C25H31N5O4/c1-3-25(12-33-20(32)11-24-8-15-4-16(9-24)6-17(5-15)10-24)18(31)7-19(34-25)30-13-27-21-22(26)28-14(2)29-23(21)30/h1,13,15-19,31H,4-12H2,2H3,(H2,26,28,29)/t15?,16?,17?,18-,19+,24?,25+/m0/s1. The minimum Gasteiger partial charge on any atom is -0.461 e. The number of ether oxygens (including phenoxy) is 2. The molecule has 9 nitrogen and oxygen atoms in total. The van der Waals surface area contributed by atoms with E-state index in [9.17, 15) is 9.90 Å². The van der Waals surface area contributed by atoms with Crippen LogP contribution in [0.15, 0.2) is 6.33 Å². The number of aliphatic hydroxyl groups excluding tert-OH is 1. The van der Waals surface area contributed by atoms with E-state index in [0.717, 1.165) is 37.0 Å². The molecule has 9 heteroatoms. The van der Waals surface area contributed by atoms with E-state index in [1.807, 2.05) is 0 Å². The number of rotatable bonds is 5. The minimum atomic E-state index is -1.42. The number of nitrogen functional groups attached to an aromatic ring is 1. The molecular weight excluding hydrogens is 434 g/mol. The lowest BCUT2D eigenvalue weighted by Crippen LogP contribution is -2.47. The summed E-state index contributed by atoms with van der Waals surface area (Å²) in [4.78, 5) is 25.8. The zero-order valence-corrected chi connectivity index (χ0v) is 19.4. The third-order valence-electron chi connectivity index (χ3n) is 8.56. The van der Waals surface area contributed by atoms with Crippen LogP contribution in [0, 0.1) is 42.4 Å². The topological polar surface area (TPSA) is 125 Å². The van der Waals surface area contributed by atoms with Gasteiger partial charge in [0.25, 0.3) is 0 Å². The molecule has 2 aromatic rings. The van der Waals surface area contributed by atoms with E-state index in [-0.39, 0.29) is 30.2 Å². The van der Waals surface area contributed by atoms with Crippen LogP contribution in [0.5, 0.6) is 0 Å². The average molecular weight is 466 g/mol. The molecule has 4 aliphatic carbocycles. The van der Waals surface area contributed by atoms with E-state index >= 15 is 0 Å². The number of carbonyl (C=O) groups is 1. The molecule has 0 spiro atoms. The third kappa shape index (κ3) is 3.46. The second-order valence-corrected chi connectivity index (χ2v) is 11.1. The summed E-state index contributed by atoms with van der Waals surface area (Å²) in [7, 11) is 0. The van der Waals surface area contributed by atoms with Gasteiger partial charge in [-0.05, 0) is 68.6 Å². The van der Waals surface area contributed by atoms with Crippen molar-refractivity contribution in [1.82, 2.24) is 19.5 Å². The van der Waals surface area contributed by atoms with Gasteiger partial charge in [-0.15, -0.1) is 6.42 Å². The van der Waals surface area contributed by atoms with Crippen molar-refractivity contribution in [2.75, 3.05) is 12.3 Å². The first-order valence-electron chi connectivity index (χ1n) is 12.2. The van der Waals surface area contributed by atoms with Gasteiger partial charge < -0.3 is 20.3 Å². The van der Waals surface area contributed by atoms with E-state index in [1.54, 1.807) is 17.8 Å². The van der Waals surface area contributed by atoms with Crippen LogP contribution in [0.3, 0.4) is 0 Å². The van der Waals surface area contributed by atoms with Gasteiger partial charge in [0.15, 0.2) is 17.1 Å². The number of esters is 1. The van der Waals surface area contributed by atoms with Gasteiger partial charge in [0.1, 0.15) is 30.3 Å². The largest absolute Gasteiger partial charge is 0.461 e. The van der Waals surface area contributed by atoms with Gasteiger partial charge in [0.2, 0.25) is 0 Å². The maximum absolute atomic E-state index is 12.9. The highest BCUT2D eigenvalue weighted by atomic mass is 16.6. The highest BCUT2D eigenvalue weighted by Crippen LogP contribution is 2.61. The number of aryl methyl sites for hydroxylation is 1. The highest BCUT2D eigenvalue weighted by molar-refractivity contribution is 5.81. The van der Waals surface area contributed by atoms with Crippen molar-refractivity contribution in [3.05, 3.63) is 12.2 Å². The van der Waals surface area contributed by atoms with Gasteiger partial charge in [-0.3, -0.25) is 9.36 Å². The van der Waals surface area contributed by atoms with Crippen LogP contribution >= 0.6 is 0 Å². The number of fused-ring (bicyclic) bond motifs is 1. The first kappa shape index (κ1) is 21.8. The summed E-state index contributed by atoms with van der Waals surface area (Å²) in [5.41, 5.74) is 5.60. The molecule has 0 radical (unpaired) electrons. The van der Waals surface area contributed by atoms with Gasteiger partial charge >= 0.3 is 5.97 Å². The zero-order chi connectivity index (χ0) is 23.7. The molecule has 4 saturated carbocycles. The summed E-state index contributed by atoms with van der Waals surface area (Å²) in [6.07, 6.45) is 13.8. The van der Waals surface area contributed by atoms with E-state index in [0.29, 0.717) is 23.4 Å². The van der Waals surface area contributed by atoms with Gasteiger partial charge in [0.05, 0.1) is 12.7 Å². The molecule has 0 aromatic carbocycles. The summed E-state index contributed by atoms with van der Waals surface area (Å²) in [5, 5.41) is 10.9. The van der Waals surface area contributed by atoms with Gasteiger partial charge in [-0.1, -0.05) is 5.92 Å². The Balaban J connectivity index is 1.15.